The lowest BCUT2D eigenvalue weighted by Gasteiger charge is -2.12. The fourth-order valence-corrected chi connectivity index (χ4v) is 4.26. The Balaban J connectivity index is 1.96. The fourth-order valence-electron chi connectivity index (χ4n) is 2.39. The van der Waals surface area contributed by atoms with Crippen molar-refractivity contribution in [2.75, 3.05) is 0 Å². The molecule has 2 heterocycles. The van der Waals surface area contributed by atoms with Crippen LogP contribution in [0.3, 0.4) is 0 Å². The van der Waals surface area contributed by atoms with Crippen LogP contribution in [-0.2, 0) is 6.54 Å². The summed E-state index contributed by atoms with van der Waals surface area (Å²) < 4.78 is 2.16. The number of halogens is 2. The molecule has 0 aliphatic heterocycles. The van der Waals surface area contributed by atoms with E-state index in [2.05, 4.69) is 28.4 Å². The van der Waals surface area contributed by atoms with Crippen molar-refractivity contribution in [3.8, 4) is 0 Å². The molecule has 0 fully saturated rings. The zero-order chi connectivity index (χ0) is 17.1. The van der Waals surface area contributed by atoms with E-state index >= 15 is 0 Å². The standard InChI is InChI=1S/C18H17Cl2N3S/c1-12(2)17-18(24-16-8-14(19)7-15(20)9-16)23(11-22-17)10-13-3-5-21-6-4-13/h3-9,11-12H,10H2,1-2H3. The third kappa shape index (κ3) is 4.12. The Morgan fingerprint density at radius 1 is 1.08 bits per heavy atom. The van der Waals surface area contributed by atoms with Gasteiger partial charge in [-0.05, 0) is 41.8 Å². The second kappa shape index (κ2) is 7.60. The molecule has 1 aromatic carbocycles. The van der Waals surface area contributed by atoms with Gasteiger partial charge in [0.05, 0.1) is 12.0 Å². The van der Waals surface area contributed by atoms with Crippen LogP contribution in [0.25, 0.3) is 0 Å². The van der Waals surface area contributed by atoms with Gasteiger partial charge in [0.25, 0.3) is 0 Å². The van der Waals surface area contributed by atoms with Crippen LogP contribution >= 0.6 is 35.0 Å². The predicted molar refractivity (Wildman–Crippen MR) is 100 cm³/mol. The van der Waals surface area contributed by atoms with Crippen LogP contribution in [-0.4, -0.2) is 14.5 Å². The Morgan fingerprint density at radius 2 is 1.75 bits per heavy atom. The first kappa shape index (κ1) is 17.3. The van der Waals surface area contributed by atoms with E-state index in [1.807, 2.05) is 30.6 Å². The van der Waals surface area contributed by atoms with Gasteiger partial charge in [0.2, 0.25) is 0 Å². The number of rotatable bonds is 5. The van der Waals surface area contributed by atoms with Crippen LogP contribution in [0.2, 0.25) is 10.0 Å². The molecule has 0 aliphatic rings. The highest BCUT2D eigenvalue weighted by Gasteiger charge is 2.16. The summed E-state index contributed by atoms with van der Waals surface area (Å²) in [7, 11) is 0. The molecular weight excluding hydrogens is 361 g/mol. The molecule has 6 heteroatoms. The zero-order valence-electron chi connectivity index (χ0n) is 13.4. The Kier molecular flexibility index (Phi) is 5.49. The molecule has 0 N–H and O–H groups in total. The van der Waals surface area contributed by atoms with E-state index in [9.17, 15) is 0 Å². The number of imidazole rings is 1. The van der Waals surface area contributed by atoms with Crippen molar-refractivity contribution in [3.63, 3.8) is 0 Å². The summed E-state index contributed by atoms with van der Waals surface area (Å²) in [6.07, 6.45) is 5.50. The smallest absolute Gasteiger partial charge is 0.103 e. The molecule has 2 aromatic heterocycles. The maximum Gasteiger partial charge on any atom is 0.103 e. The van der Waals surface area contributed by atoms with E-state index in [0.717, 1.165) is 22.2 Å². The van der Waals surface area contributed by atoms with Gasteiger partial charge in [-0.3, -0.25) is 4.98 Å². The second-order valence-electron chi connectivity index (χ2n) is 5.78. The summed E-state index contributed by atoms with van der Waals surface area (Å²) >= 11 is 13.9. The minimum absolute atomic E-state index is 0.334. The van der Waals surface area contributed by atoms with Gasteiger partial charge in [0.1, 0.15) is 5.03 Å². The predicted octanol–water partition coefficient (Wildman–Crippen LogP) is 5.91. The van der Waals surface area contributed by atoms with Gasteiger partial charge in [-0.2, -0.15) is 0 Å². The second-order valence-corrected chi connectivity index (χ2v) is 7.72. The molecule has 0 spiro atoms. The molecule has 124 valence electrons. The first-order chi connectivity index (χ1) is 11.5. The molecule has 3 aromatic rings. The molecule has 24 heavy (non-hydrogen) atoms. The van der Waals surface area contributed by atoms with Crippen LogP contribution in [0.1, 0.15) is 31.0 Å². The number of aromatic nitrogens is 3. The van der Waals surface area contributed by atoms with E-state index in [1.165, 1.54) is 5.56 Å². The molecule has 0 saturated carbocycles. The third-order valence-corrected chi connectivity index (χ3v) is 5.06. The first-order valence-corrected chi connectivity index (χ1v) is 9.18. The molecule has 0 aliphatic carbocycles. The van der Waals surface area contributed by atoms with Gasteiger partial charge in [0, 0.05) is 33.9 Å². The topological polar surface area (TPSA) is 30.7 Å². The Labute approximate surface area is 156 Å². The molecule has 0 bridgehead atoms. The number of nitrogens with zero attached hydrogens (tertiary/aromatic N) is 3. The van der Waals surface area contributed by atoms with Gasteiger partial charge >= 0.3 is 0 Å². The number of pyridine rings is 1. The molecule has 0 radical (unpaired) electrons. The highest BCUT2D eigenvalue weighted by molar-refractivity contribution is 7.99. The van der Waals surface area contributed by atoms with Crippen LogP contribution in [0, 0.1) is 0 Å². The maximum atomic E-state index is 6.14. The van der Waals surface area contributed by atoms with Crippen molar-refractivity contribution in [3.05, 3.63) is 70.4 Å². The van der Waals surface area contributed by atoms with Gasteiger partial charge in [-0.25, -0.2) is 4.98 Å². The summed E-state index contributed by atoms with van der Waals surface area (Å²) in [4.78, 5) is 9.69. The molecule has 0 amide bonds. The maximum absolute atomic E-state index is 6.14. The fraction of sp³-hybridized carbons (Fsp3) is 0.222. The van der Waals surface area contributed by atoms with E-state index < -0.39 is 0 Å². The summed E-state index contributed by atoms with van der Waals surface area (Å²) in [5.74, 6) is 0.334. The Bertz CT molecular complexity index is 811. The molecule has 0 atom stereocenters. The van der Waals surface area contributed by atoms with Gasteiger partial charge in [-0.1, -0.05) is 48.8 Å². The van der Waals surface area contributed by atoms with Crippen molar-refractivity contribution >= 4 is 35.0 Å². The summed E-state index contributed by atoms with van der Waals surface area (Å²) in [6.45, 7) is 5.04. The van der Waals surface area contributed by atoms with E-state index in [0.29, 0.717) is 16.0 Å². The SMILES string of the molecule is CC(C)c1ncn(Cc2ccncc2)c1Sc1cc(Cl)cc(Cl)c1. The summed E-state index contributed by atoms with van der Waals surface area (Å²) in [5, 5.41) is 2.38. The normalized spacial score (nSPS) is 11.2. The number of hydrogen-bond donors (Lipinski definition) is 0. The van der Waals surface area contributed by atoms with Gasteiger partial charge in [0.15, 0.2) is 0 Å². The van der Waals surface area contributed by atoms with Crippen molar-refractivity contribution in [2.24, 2.45) is 0 Å². The molecule has 0 saturated heterocycles. The summed E-state index contributed by atoms with van der Waals surface area (Å²) in [5.41, 5.74) is 2.26. The minimum atomic E-state index is 0.334. The average Bonchev–Trinajstić information content (AvgIpc) is 2.90. The van der Waals surface area contributed by atoms with Gasteiger partial charge < -0.3 is 4.57 Å². The van der Waals surface area contributed by atoms with Crippen LogP contribution in [0.4, 0.5) is 0 Å². The van der Waals surface area contributed by atoms with E-state index in [1.54, 1.807) is 30.2 Å². The van der Waals surface area contributed by atoms with Crippen molar-refractivity contribution < 1.29 is 0 Å². The lowest BCUT2D eigenvalue weighted by Crippen LogP contribution is -2.01. The van der Waals surface area contributed by atoms with Gasteiger partial charge in [-0.15, -0.1) is 0 Å². The Hall–Kier alpha value is -1.49. The molecule has 0 unspecified atom stereocenters. The van der Waals surface area contributed by atoms with Crippen LogP contribution in [0.5, 0.6) is 0 Å². The number of benzene rings is 1. The summed E-state index contributed by atoms with van der Waals surface area (Å²) in [6, 6.07) is 9.61. The van der Waals surface area contributed by atoms with Crippen LogP contribution < -0.4 is 0 Å². The largest absolute Gasteiger partial charge is 0.321 e. The quantitative estimate of drug-likeness (QED) is 0.553. The lowest BCUT2D eigenvalue weighted by atomic mass is 10.1. The highest BCUT2D eigenvalue weighted by Crippen LogP contribution is 2.36. The molecule has 3 rings (SSSR count). The number of hydrogen-bond acceptors (Lipinski definition) is 3. The van der Waals surface area contributed by atoms with Crippen molar-refractivity contribution in [1.82, 2.24) is 14.5 Å². The molecule has 3 nitrogen and oxygen atoms in total. The van der Waals surface area contributed by atoms with Crippen LogP contribution in [0.15, 0.2) is 59.0 Å². The lowest BCUT2D eigenvalue weighted by molar-refractivity contribution is 0.707. The van der Waals surface area contributed by atoms with Crippen molar-refractivity contribution in [1.29, 1.82) is 0 Å². The average molecular weight is 378 g/mol. The minimum Gasteiger partial charge on any atom is -0.321 e. The monoisotopic (exact) mass is 377 g/mol. The zero-order valence-corrected chi connectivity index (χ0v) is 15.7. The van der Waals surface area contributed by atoms with E-state index in [-0.39, 0.29) is 0 Å². The Morgan fingerprint density at radius 3 is 2.38 bits per heavy atom. The highest BCUT2D eigenvalue weighted by atomic mass is 35.5. The van der Waals surface area contributed by atoms with E-state index in [4.69, 9.17) is 23.2 Å². The first-order valence-electron chi connectivity index (χ1n) is 7.61. The molecular formula is C18H17Cl2N3S. The third-order valence-electron chi connectivity index (χ3n) is 3.52. The van der Waals surface area contributed by atoms with Crippen molar-refractivity contribution in [2.45, 2.75) is 36.2 Å².